The third kappa shape index (κ3) is 3.57. The number of ether oxygens (including phenoxy) is 2. The van der Waals surface area contributed by atoms with Crippen LogP contribution in [0.15, 0.2) is 22.7 Å². The molecule has 2 aromatic rings. The fourth-order valence-electron chi connectivity index (χ4n) is 1.47. The highest BCUT2D eigenvalue weighted by Crippen LogP contribution is 2.30. The van der Waals surface area contributed by atoms with Crippen molar-refractivity contribution in [1.82, 2.24) is 9.59 Å². The van der Waals surface area contributed by atoms with Gasteiger partial charge in [-0.05, 0) is 41.1 Å². The Labute approximate surface area is 124 Å². The van der Waals surface area contributed by atoms with Crippen molar-refractivity contribution in [3.05, 3.63) is 28.4 Å². The van der Waals surface area contributed by atoms with E-state index in [-0.39, 0.29) is 0 Å². The summed E-state index contributed by atoms with van der Waals surface area (Å²) in [5, 5.41) is 8.21. The SMILES string of the molecule is CCNc1snnc1COc1ccc(OC)cc1Br. The Morgan fingerprint density at radius 2 is 2.26 bits per heavy atom. The monoisotopic (exact) mass is 343 g/mol. The minimum absolute atomic E-state index is 0.379. The lowest BCUT2D eigenvalue weighted by Gasteiger charge is -2.09. The van der Waals surface area contributed by atoms with Crippen molar-refractivity contribution in [3.8, 4) is 11.5 Å². The van der Waals surface area contributed by atoms with E-state index in [0.29, 0.717) is 6.61 Å². The number of nitrogens with one attached hydrogen (secondary N) is 1. The summed E-state index contributed by atoms with van der Waals surface area (Å²) in [6.45, 7) is 3.25. The average molecular weight is 344 g/mol. The van der Waals surface area contributed by atoms with E-state index in [1.54, 1.807) is 7.11 Å². The predicted molar refractivity (Wildman–Crippen MR) is 79.1 cm³/mol. The first-order chi connectivity index (χ1) is 9.24. The van der Waals surface area contributed by atoms with Gasteiger partial charge in [-0.25, -0.2) is 0 Å². The second kappa shape index (κ2) is 6.72. The Bertz CT molecular complexity index is 548. The maximum Gasteiger partial charge on any atom is 0.136 e. The van der Waals surface area contributed by atoms with Crippen LogP contribution in [0.3, 0.4) is 0 Å². The number of rotatable bonds is 6. The second-order valence-corrected chi connectivity index (χ2v) is 5.27. The summed E-state index contributed by atoms with van der Waals surface area (Å²) in [7, 11) is 1.63. The lowest BCUT2D eigenvalue weighted by molar-refractivity contribution is 0.299. The minimum Gasteiger partial charge on any atom is -0.497 e. The molecule has 0 aliphatic rings. The van der Waals surface area contributed by atoms with Crippen LogP contribution in [0, 0.1) is 0 Å². The highest BCUT2D eigenvalue weighted by Gasteiger charge is 2.09. The lowest BCUT2D eigenvalue weighted by Crippen LogP contribution is -2.02. The van der Waals surface area contributed by atoms with Crippen molar-refractivity contribution >= 4 is 32.5 Å². The Balaban J connectivity index is 2.04. The van der Waals surface area contributed by atoms with Crippen LogP contribution in [0.1, 0.15) is 12.6 Å². The van der Waals surface area contributed by atoms with Crippen molar-refractivity contribution in [1.29, 1.82) is 0 Å². The smallest absolute Gasteiger partial charge is 0.136 e. The molecule has 102 valence electrons. The molecule has 1 aromatic heterocycles. The molecule has 0 saturated carbocycles. The number of anilines is 1. The molecule has 0 radical (unpaired) electrons. The van der Waals surface area contributed by atoms with Gasteiger partial charge in [-0.15, -0.1) is 5.10 Å². The Morgan fingerprint density at radius 3 is 2.95 bits per heavy atom. The van der Waals surface area contributed by atoms with Gasteiger partial charge in [0.15, 0.2) is 0 Å². The van der Waals surface area contributed by atoms with Gasteiger partial charge in [0.05, 0.1) is 11.6 Å². The van der Waals surface area contributed by atoms with Crippen molar-refractivity contribution in [2.75, 3.05) is 19.0 Å². The second-order valence-electron chi connectivity index (χ2n) is 3.66. The molecule has 0 unspecified atom stereocenters. The third-order valence-electron chi connectivity index (χ3n) is 2.40. The summed E-state index contributed by atoms with van der Waals surface area (Å²) in [5.41, 5.74) is 0.814. The molecule has 0 amide bonds. The molecule has 5 nitrogen and oxygen atoms in total. The number of benzene rings is 1. The van der Waals surface area contributed by atoms with Crippen molar-refractivity contribution in [2.24, 2.45) is 0 Å². The van der Waals surface area contributed by atoms with Gasteiger partial charge in [0.25, 0.3) is 0 Å². The largest absolute Gasteiger partial charge is 0.497 e. The van der Waals surface area contributed by atoms with E-state index < -0.39 is 0 Å². The molecule has 0 atom stereocenters. The fraction of sp³-hybridized carbons (Fsp3) is 0.333. The number of methoxy groups -OCH3 is 1. The van der Waals surface area contributed by atoms with E-state index in [0.717, 1.165) is 33.2 Å². The molecule has 2 rings (SSSR count). The fourth-order valence-corrected chi connectivity index (χ4v) is 2.58. The number of aromatic nitrogens is 2. The molecular weight excluding hydrogens is 330 g/mol. The van der Waals surface area contributed by atoms with Crippen LogP contribution in [0.5, 0.6) is 11.5 Å². The summed E-state index contributed by atoms with van der Waals surface area (Å²) >= 11 is 4.78. The molecule has 0 bridgehead atoms. The van der Waals surface area contributed by atoms with Crippen LogP contribution in [-0.2, 0) is 6.61 Å². The van der Waals surface area contributed by atoms with Gasteiger partial charge in [-0.2, -0.15) is 0 Å². The highest BCUT2D eigenvalue weighted by atomic mass is 79.9. The standard InChI is InChI=1S/C12H14BrN3O2S/c1-3-14-12-10(15-16-19-12)7-18-11-5-4-8(17-2)6-9(11)13/h4-6,14H,3,7H2,1-2H3. The highest BCUT2D eigenvalue weighted by molar-refractivity contribution is 9.10. The molecule has 0 fully saturated rings. The van der Waals surface area contributed by atoms with E-state index in [9.17, 15) is 0 Å². The summed E-state index contributed by atoms with van der Waals surface area (Å²) in [6, 6.07) is 5.57. The maximum atomic E-state index is 5.73. The molecule has 0 spiro atoms. The Hall–Kier alpha value is -1.34. The zero-order valence-electron chi connectivity index (χ0n) is 10.6. The van der Waals surface area contributed by atoms with Crippen LogP contribution in [0.25, 0.3) is 0 Å². The summed E-state index contributed by atoms with van der Waals surface area (Å²) in [4.78, 5) is 0. The van der Waals surface area contributed by atoms with Crippen LogP contribution >= 0.6 is 27.5 Å². The van der Waals surface area contributed by atoms with Gasteiger partial charge >= 0.3 is 0 Å². The van der Waals surface area contributed by atoms with Crippen molar-refractivity contribution in [2.45, 2.75) is 13.5 Å². The molecule has 1 heterocycles. The third-order valence-corrected chi connectivity index (χ3v) is 3.74. The number of halogens is 1. The van der Waals surface area contributed by atoms with Gasteiger partial charge in [-0.1, -0.05) is 4.49 Å². The van der Waals surface area contributed by atoms with E-state index in [4.69, 9.17) is 9.47 Å². The number of nitrogens with zero attached hydrogens (tertiary/aromatic N) is 2. The van der Waals surface area contributed by atoms with E-state index in [2.05, 4.69) is 30.8 Å². The van der Waals surface area contributed by atoms with Gasteiger partial charge < -0.3 is 14.8 Å². The van der Waals surface area contributed by atoms with E-state index >= 15 is 0 Å². The van der Waals surface area contributed by atoms with Crippen molar-refractivity contribution in [3.63, 3.8) is 0 Å². The molecule has 7 heteroatoms. The molecule has 1 aromatic carbocycles. The average Bonchev–Trinajstić information content (AvgIpc) is 2.85. The summed E-state index contributed by atoms with van der Waals surface area (Å²) in [6.07, 6.45) is 0. The van der Waals surface area contributed by atoms with Crippen LogP contribution in [0.2, 0.25) is 0 Å². The normalized spacial score (nSPS) is 10.3. The summed E-state index contributed by atoms with van der Waals surface area (Å²) in [5.74, 6) is 1.53. The minimum atomic E-state index is 0.379. The Kier molecular flexibility index (Phi) is 4.98. The van der Waals surface area contributed by atoms with Crippen molar-refractivity contribution < 1.29 is 9.47 Å². The van der Waals surface area contributed by atoms with E-state index in [1.807, 2.05) is 25.1 Å². The first-order valence-corrected chi connectivity index (χ1v) is 7.32. The molecule has 1 N–H and O–H groups in total. The first kappa shape index (κ1) is 14.1. The van der Waals surface area contributed by atoms with Crippen LogP contribution < -0.4 is 14.8 Å². The maximum absolute atomic E-state index is 5.73. The van der Waals surface area contributed by atoms with Crippen LogP contribution in [-0.4, -0.2) is 23.2 Å². The molecule has 0 aliphatic heterocycles. The van der Waals surface area contributed by atoms with Gasteiger partial charge in [0, 0.05) is 18.1 Å². The van der Waals surface area contributed by atoms with Gasteiger partial charge in [0.1, 0.15) is 28.8 Å². The topological polar surface area (TPSA) is 56.3 Å². The predicted octanol–water partition coefficient (Wildman–Crippen LogP) is 3.32. The van der Waals surface area contributed by atoms with Gasteiger partial charge in [-0.3, -0.25) is 0 Å². The van der Waals surface area contributed by atoms with E-state index in [1.165, 1.54) is 11.5 Å². The quantitative estimate of drug-likeness (QED) is 0.871. The molecule has 0 aliphatic carbocycles. The number of hydrogen-bond acceptors (Lipinski definition) is 6. The molecule has 19 heavy (non-hydrogen) atoms. The molecular formula is C12H14BrN3O2S. The van der Waals surface area contributed by atoms with Crippen LogP contribution in [0.4, 0.5) is 5.00 Å². The molecule has 0 saturated heterocycles. The first-order valence-electron chi connectivity index (χ1n) is 5.76. The zero-order chi connectivity index (χ0) is 13.7. The van der Waals surface area contributed by atoms with Gasteiger partial charge in [0.2, 0.25) is 0 Å². The number of hydrogen-bond donors (Lipinski definition) is 1. The zero-order valence-corrected chi connectivity index (χ0v) is 13.0. The summed E-state index contributed by atoms with van der Waals surface area (Å²) < 4.78 is 15.6. The Morgan fingerprint density at radius 1 is 1.42 bits per heavy atom. The lowest BCUT2D eigenvalue weighted by atomic mass is 10.3.